The van der Waals surface area contributed by atoms with Crippen molar-refractivity contribution < 1.29 is 4.79 Å². The molecule has 0 spiro atoms. The number of nitrogens with one attached hydrogen (secondary N) is 3. The molecule has 0 aliphatic carbocycles. The lowest BCUT2D eigenvalue weighted by Gasteiger charge is -2.07. The van der Waals surface area contributed by atoms with Crippen LogP contribution in [0.1, 0.15) is 5.56 Å². The SMILES string of the molecule is C#Cc1cccc(Nc2cc(NC=CC(=O)Nc3ccccc3)ncn2)c1. The van der Waals surface area contributed by atoms with Gasteiger partial charge >= 0.3 is 0 Å². The van der Waals surface area contributed by atoms with E-state index in [0.29, 0.717) is 11.6 Å². The van der Waals surface area contributed by atoms with E-state index in [2.05, 4.69) is 31.8 Å². The third-order valence-corrected chi connectivity index (χ3v) is 3.48. The summed E-state index contributed by atoms with van der Waals surface area (Å²) in [5, 5.41) is 8.86. The van der Waals surface area contributed by atoms with Gasteiger partial charge in [-0.25, -0.2) is 9.97 Å². The number of rotatable bonds is 6. The Morgan fingerprint density at radius 2 is 1.74 bits per heavy atom. The summed E-state index contributed by atoms with van der Waals surface area (Å²) in [6.07, 6.45) is 9.74. The summed E-state index contributed by atoms with van der Waals surface area (Å²) in [4.78, 5) is 20.2. The molecule has 0 aliphatic rings. The molecule has 3 N–H and O–H groups in total. The Bertz CT molecular complexity index is 993. The first kappa shape index (κ1) is 17.7. The zero-order chi connectivity index (χ0) is 18.9. The number of anilines is 4. The molecule has 0 aliphatic heterocycles. The quantitative estimate of drug-likeness (QED) is 0.463. The summed E-state index contributed by atoms with van der Waals surface area (Å²) < 4.78 is 0. The predicted molar refractivity (Wildman–Crippen MR) is 108 cm³/mol. The number of benzene rings is 2. The van der Waals surface area contributed by atoms with Crippen LogP contribution in [0.3, 0.4) is 0 Å². The van der Waals surface area contributed by atoms with Gasteiger partial charge in [0.2, 0.25) is 5.91 Å². The maximum Gasteiger partial charge on any atom is 0.249 e. The highest BCUT2D eigenvalue weighted by atomic mass is 16.1. The van der Waals surface area contributed by atoms with E-state index in [1.807, 2.05) is 54.6 Å². The van der Waals surface area contributed by atoms with Gasteiger partial charge in [-0.15, -0.1) is 6.42 Å². The molecule has 27 heavy (non-hydrogen) atoms. The Kier molecular flexibility index (Phi) is 5.79. The summed E-state index contributed by atoms with van der Waals surface area (Å²) in [6, 6.07) is 18.4. The highest BCUT2D eigenvalue weighted by Gasteiger charge is 2.00. The van der Waals surface area contributed by atoms with Gasteiger partial charge in [-0.05, 0) is 30.3 Å². The van der Waals surface area contributed by atoms with Crippen molar-refractivity contribution in [3.63, 3.8) is 0 Å². The number of amides is 1. The van der Waals surface area contributed by atoms with E-state index in [0.717, 1.165) is 16.9 Å². The van der Waals surface area contributed by atoms with Crippen LogP contribution in [0.5, 0.6) is 0 Å². The normalized spacial score (nSPS) is 10.2. The van der Waals surface area contributed by atoms with Gasteiger partial charge in [-0.3, -0.25) is 4.79 Å². The van der Waals surface area contributed by atoms with Gasteiger partial charge in [0.25, 0.3) is 0 Å². The molecule has 1 aromatic heterocycles. The minimum absolute atomic E-state index is 0.243. The number of para-hydroxylation sites is 1. The van der Waals surface area contributed by atoms with Crippen molar-refractivity contribution in [2.75, 3.05) is 16.0 Å². The summed E-state index contributed by atoms with van der Waals surface area (Å²) in [5.41, 5.74) is 2.34. The molecule has 6 heteroatoms. The van der Waals surface area contributed by atoms with Crippen molar-refractivity contribution in [1.29, 1.82) is 0 Å². The molecular weight excluding hydrogens is 338 g/mol. The van der Waals surface area contributed by atoms with Crippen LogP contribution in [0.25, 0.3) is 0 Å². The lowest BCUT2D eigenvalue weighted by atomic mass is 10.2. The number of aromatic nitrogens is 2. The van der Waals surface area contributed by atoms with Crippen molar-refractivity contribution in [3.05, 3.63) is 84.8 Å². The molecule has 6 nitrogen and oxygen atoms in total. The van der Waals surface area contributed by atoms with Crippen LogP contribution in [0.2, 0.25) is 0 Å². The zero-order valence-electron chi connectivity index (χ0n) is 14.4. The first-order valence-corrected chi connectivity index (χ1v) is 8.18. The molecule has 0 radical (unpaired) electrons. The van der Waals surface area contributed by atoms with E-state index < -0.39 is 0 Å². The largest absolute Gasteiger partial charge is 0.346 e. The van der Waals surface area contributed by atoms with Gasteiger partial charge in [0, 0.05) is 35.3 Å². The maximum absolute atomic E-state index is 11.9. The lowest BCUT2D eigenvalue weighted by molar-refractivity contribution is -0.111. The van der Waals surface area contributed by atoms with Gasteiger partial charge in [0.15, 0.2) is 0 Å². The zero-order valence-corrected chi connectivity index (χ0v) is 14.4. The molecule has 2 aromatic carbocycles. The topological polar surface area (TPSA) is 78.9 Å². The van der Waals surface area contributed by atoms with Crippen LogP contribution in [-0.2, 0) is 4.79 Å². The van der Waals surface area contributed by atoms with Crippen molar-refractivity contribution in [1.82, 2.24) is 9.97 Å². The summed E-state index contributed by atoms with van der Waals surface area (Å²) in [6.45, 7) is 0. The van der Waals surface area contributed by atoms with E-state index in [-0.39, 0.29) is 5.91 Å². The van der Waals surface area contributed by atoms with Gasteiger partial charge in [0.05, 0.1) is 0 Å². The fourth-order valence-electron chi connectivity index (χ4n) is 2.25. The fourth-order valence-corrected chi connectivity index (χ4v) is 2.25. The van der Waals surface area contributed by atoms with Crippen molar-refractivity contribution in [3.8, 4) is 12.3 Å². The minimum atomic E-state index is -0.243. The Hall–Kier alpha value is -4.11. The first-order chi connectivity index (χ1) is 13.2. The minimum Gasteiger partial charge on any atom is -0.346 e. The lowest BCUT2D eigenvalue weighted by Crippen LogP contribution is -2.08. The summed E-state index contributed by atoms with van der Waals surface area (Å²) in [5.74, 6) is 3.49. The summed E-state index contributed by atoms with van der Waals surface area (Å²) in [7, 11) is 0. The van der Waals surface area contributed by atoms with E-state index in [1.165, 1.54) is 18.6 Å². The molecule has 0 bridgehead atoms. The average Bonchev–Trinajstić information content (AvgIpc) is 2.69. The molecule has 3 rings (SSSR count). The fraction of sp³-hybridized carbons (Fsp3) is 0. The van der Waals surface area contributed by atoms with E-state index in [9.17, 15) is 4.79 Å². The Morgan fingerprint density at radius 3 is 2.56 bits per heavy atom. The monoisotopic (exact) mass is 355 g/mol. The molecule has 0 atom stereocenters. The Labute approximate surface area is 157 Å². The standard InChI is InChI=1S/C21H17N5O/c1-2-16-7-6-10-18(13-16)25-20-14-19(23-15-24-20)22-12-11-21(27)26-17-8-4-3-5-9-17/h1,3-15H,(H,26,27)(H2,22,23,24,25). The van der Waals surface area contributed by atoms with Crippen molar-refractivity contribution in [2.24, 2.45) is 0 Å². The van der Waals surface area contributed by atoms with Crippen LogP contribution in [-0.4, -0.2) is 15.9 Å². The van der Waals surface area contributed by atoms with E-state index in [4.69, 9.17) is 6.42 Å². The van der Waals surface area contributed by atoms with Crippen LogP contribution >= 0.6 is 0 Å². The molecule has 1 amide bonds. The smallest absolute Gasteiger partial charge is 0.249 e. The van der Waals surface area contributed by atoms with Crippen LogP contribution < -0.4 is 16.0 Å². The van der Waals surface area contributed by atoms with Crippen LogP contribution in [0.4, 0.5) is 23.0 Å². The molecular formula is C21H17N5O. The highest BCUT2D eigenvalue weighted by Crippen LogP contribution is 2.17. The molecule has 0 saturated heterocycles. The number of hydrogen-bond acceptors (Lipinski definition) is 5. The van der Waals surface area contributed by atoms with Gasteiger partial charge < -0.3 is 16.0 Å². The van der Waals surface area contributed by atoms with Gasteiger partial charge in [-0.1, -0.05) is 30.2 Å². The second-order valence-corrected chi connectivity index (χ2v) is 5.47. The number of carbonyl (C=O) groups is 1. The number of hydrogen-bond donors (Lipinski definition) is 3. The van der Waals surface area contributed by atoms with Gasteiger partial charge in [0.1, 0.15) is 18.0 Å². The molecule has 0 fully saturated rings. The third-order valence-electron chi connectivity index (χ3n) is 3.48. The van der Waals surface area contributed by atoms with Gasteiger partial charge in [-0.2, -0.15) is 0 Å². The second kappa shape index (κ2) is 8.83. The first-order valence-electron chi connectivity index (χ1n) is 8.18. The molecule has 3 aromatic rings. The molecule has 0 unspecified atom stereocenters. The number of nitrogens with zero attached hydrogens (tertiary/aromatic N) is 2. The molecule has 0 saturated carbocycles. The maximum atomic E-state index is 11.9. The van der Waals surface area contributed by atoms with E-state index >= 15 is 0 Å². The third kappa shape index (κ3) is 5.44. The van der Waals surface area contributed by atoms with Crippen molar-refractivity contribution >= 4 is 28.9 Å². The number of carbonyl (C=O) groups excluding carboxylic acids is 1. The second-order valence-electron chi connectivity index (χ2n) is 5.47. The van der Waals surface area contributed by atoms with Crippen molar-refractivity contribution in [2.45, 2.75) is 0 Å². The Morgan fingerprint density at radius 1 is 0.963 bits per heavy atom. The summed E-state index contributed by atoms with van der Waals surface area (Å²) >= 11 is 0. The van der Waals surface area contributed by atoms with E-state index in [1.54, 1.807) is 6.07 Å². The van der Waals surface area contributed by atoms with Crippen LogP contribution in [0, 0.1) is 12.3 Å². The highest BCUT2D eigenvalue weighted by molar-refractivity contribution is 5.99. The molecule has 132 valence electrons. The predicted octanol–water partition coefficient (Wildman–Crippen LogP) is 3.77. The Balaban J connectivity index is 1.58. The van der Waals surface area contributed by atoms with Crippen LogP contribution in [0.15, 0.2) is 79.3 Å². The average molecular weight is 355 g/mol. The molecule has 1 heterocycles. The number of terminal acetylenes is 1.